The van der Waals surface area contributed by atoms with E-state index in [1.807, 2.05) is 91.0 Å². The summed E-state index contributed by atoms with van der Waals surface area (Å²) in [6.07, 6.45) is 0. The van der Waals surface area contributed by atoms with Crippen LogP contribution in [0, 0.1) is 0 Å². The topological polar surface area (TPSA) is 74.8 Å². The van der Waals surface area contributed by atoms with E-state index in [2.05, 4.69) is 26.2 Å². The largest absolute Gasteiger partial charge is 0.334 e. The van der Waals surface area contributed by atoms with Crippen molar-refractivity contribution in [3.63, 3.8) is 0 Å². The quantitative estimate of drug-likeness (QED) is 0.319. The molecule has 1 heterocycles. The third kappa shape index (κ3) is 4.01. The highest BCUT2D eigenvalue weighted by Gasteiger charge is 2.17. The maximum absolute atomic E-state index is 5.48. The van der Waals surface area contributed by atoms with E-state index >= 15 is 0 Å². The molecule has 0 radical (unpaired) electrons. The molecular formula is C21H17N5O. The lowest BCUT2D eigenvalue weighted by Crippen LogP contribution is -2.07. The normalized spacial score (nSPS) is 10.8. The van der Waals surface area contributed by atoms with Crippen LogP contribution in [0.3, 0.4) is 0 Å². The zero-order chi connectivity index (χ0) is 18.3. The number of hydrogen-bond acceptors (Lipinski definition) is 6. The Morgan fingerprint density at radius 2 is 1.30 bits per heavy atom. The number of hydrazine groups is 1. The Kier molecular flexibility index (Phi) is 4.88. The number of benzene rings is 3. The van der Waals surface area contributed by atoms with Gasteiger partial charge in [0.2, 0.25) is 0 Å². The number of anilines is 2. The Hall–Kier alpha value is -3.93. The molecule has 0 atom stereocenters. The molecule has 2 N–H and O–H groups in total. The lowest BCUT2D eigenvalue weighted by atomic mass is 10.1. The second-order valence-electron chi connectivity index (χ2n) is 5.73. The molecule has 6 nitrogen and oxygen atoms in total. The molecule has 0 aliphatic rings. The number of azo groups is 1. The third-order valence-electron chi connectivity index (χ3n) is 3.83. The van der Waals surface area contributed by atoms with Crippen LogP contribution in [0.2, 0.25) is 0 Å². The minimum atomic E-state index is 0.386. The van der Waals surface area contributed by atoms with Gasteiger partial charge in [0.1, 0.15) is 5.69 Å². The van der Waals surface area contributed by atoms with Crippen molar-refractivity contribution in [2.45, 2.75) is 0 Å². The van der Waals surface area contributed by atoms with Gasteiger partial charge in [0.25, 0.3) is 5.88 Å². The molecule has 3 aromatic carbocycles. The Labute approximate surface area is 156 Å². The van der Waals surface area contributed by atoms with Crippen molar-refractivity contribution in [2.75, 3.05) is 10.9 Å². The molecular weight excluding hydrogens is 338 g/mol. The minimum absolute atomic E-state index is 0.386. The van der Waals surface area contributed by atoms with Gasteiger partial charge in [0.05, 0.1) is 11.4 Å². The van der Waals surface area contributed by atoms with Crippen LogP contribution in [0.15, 0.2) is 106 Å². The summed E-state index contributed by atoms with van der Waals surface area (Å²) in [5, 5.41) is 12.9. The van der Waals surface area contributed by atoms with Crippen LogP contribution in [-0.2, 0) is 0 Å². The summed E-state index contributed by atoms with van der Waals surface area (Å²) in [5.41, 5.74) is 9.78. The second-order valence-corrected chi connectivity index (χ2v) is 5.73. The van der Waals surface area contributed by atoms with E-state index in [-0.39, 0.29) is 0 Å². The zero-order valence-electron chi connectivity index (χ0n) is 14.4. The Bertz CT molecular complexity index is 1010. The van der Waals surface area contributed by atoms with Crippen LogP contribution in [0.5, 0.6) is 0 Å². The summed E-state index contributed by atoms with van der Waals surface area (Å²) in [5.74, 6) is 0.386. The van der Waals surface area contributed by atoms with Gasteiger partial charge in [-0.05, 0) is 24.3 Å². The molecule has 132 valence electrons. The van der Waals surface area contributed by atoms with Crippen molar-refractivity contribution in [3.05, 3.63) is 91.0 Å². The zero-order valence-corrected chi connectivity index (χ0v) is 14.4. The van der Waals surface area contributed by atoms with E-state index in [9.17, 15) is 0 Å². The average molecular weight is 355 g/mol. The van der Waals surface area contributed by atoms with E-state index in [1.165, 1.54) is 0 Å². The molecule has 4 aromatic rings. The lowest BCUT2D eigenvalue weighted by Gasteiger charge is -2.06. The Morgan fingerprint density at radius 3 is 2.00 bits per heavy atom. The molecule has 0 unspecified atom stereocenters. The summed E-state index contributed by atoms with van der Waals surface area (Å²) in [6, 6.07) is 29.0. The van der Waals surface area contributed by atoms with Crippen molar-refractivity contribution in [2.24, 2.45) is 10.2 Å². The molecule has 0 amide bonds. The van der Waals surface area contributed by atoms with Crippen LogP contribution in [0.4, 0.5) is 22.9 Å². The highest BCUT2D eigenvalue weighted by Crippen LogP contribution is 2.37. The van der Waals surface area contributed by atoms with Gasteiger partial charge in [-0.3, -0.25) is 10.9 Å². The van der Waals surface area contributed by atoms with E-state index in [4.69, 9.17) is 4.52 Å². The summed E-state index contributed by atoms with van der Waals surface area (Å²) >= 11 is 0. The van der Waals surface area contributed by atoms with Crippen molar-refractivity contribution < 1.29 is 4.52 Å². The van der Waals surface area contributed by atoms with Crippen LogP contribution in [0.1, 0.15) is 0 Å². The van der Waals surface area contributed by atoms with Gasteiger partial charge in [0.15, 0.2) is 5.69 Å². The van der Waals surface area contributed by atoms with Crippen LogP contribution in [-0.4, -0.2) is 5.16 Å². The highest BCUT2D eigenvalue weighted by atomic mass is 16.5. The maximum atomic E-state index is 5.48. The first-order chi connectivity index (χ1) is 13.4. The Morgan fingerprint density at radius 1 is 0.667 bits per heavy atom. The fourth-order valence-corrected chi connectivity index (χ4v) is 2.50. The Balaban J connectivity index is 1.66. The molecule has 4 rings (SSSR count). The highest BCUT2D eigenvalue weighted by molar-refractivity contribution is 5.79. The number of nitrogens with one attached hydrogen (secondary N) is 2. The van der Waals surface area contributed by atoms with E-state index < -0.39 is 0 Å². The van der Waals surface area contributed by atoms with Gasteiger partial charge in [-0.25, -0.2) is 0 Å². The van der Waals surface area contributed by atoms with Gasteiger partial charge in [0, 0.05) is 5.56 Å². The van der Waals surface area contributed by atoms with Crippen molar-refractivity contribution in [1.29, 1.82) is 0 Å². The lowest BCUT2D eigenvalue weighted by molar-refractivity contribution is 0.436. The minimum Gasteiger partial charge on any atom is -0.334 e. The smallest absolute Gasteiger partial charge is 0.271 e. The third-order valence-corrected chi connectivity index (χ3v) is 3.83. The first kappa shape index (κ1) is 16.5. The molecule has 0 saturated carbocycles. The van der Waals surface area contributed by atoms with Crippen molar-refractivity contribution in [3.8, 4) is 11.3 Å². The summed E-state index contributed by atoms with van der Waals surface area (Å²) in [6.45, 7) is 0. The van der Waals surface area contributed by atoms with Crippen LogP contribution < -0.4 is 10.9 Å². The molecule has 0 saturated heterocycles. The summed E-state index contributed by atoms with van der Waals surface area (Å²) in [7, 11) is 0. The molecule has 6 heteroatoms. The van der Waals surface area contributed by atoms with E-state index in [0.29, 0.717) is 17.3 Å². The van der Waals surface area contributed by atoms with Gasteiger partial charge < -0.3 is 4.52 Å². The van der Waals surface area contributed by atoms with Crippen LogP contribution >= 0.6 is 0 Å². The maximum Gasteiger partial charge on any atom is 0.271 e. The van der Waals surface area contributed by atoms with Gasteiger partial charge >= 0.3 is 0 Å². The van der Waals surface area contributed by atoms with Gasteiger partial charge in [-0.1, -0.05) is 71.9 Å². The summed E-state index contributed by atoms with van der Waals surface area (Å²) < 4.78 is 5.48. The predicted octanol–water partition coefficient (Wildman–Crippen LogP) is 6.20. The van der Waals surface area contributed by atoms with Gasteiger partial charge in [-0.2, -0.15) is 5.11 Å². The molecule has 0 fully saturated rings. The molecule has 0 spiro atoms. The monoisotopic (exact) mass is 355 g/mol. The second kappa shape index (κ2) is 7.97. The van der Waals surface area contributed by atoms with E-state index in [0.717, 1.165) is 16.9 Å². The average Bonchev–Trinajstić information content (AvgIpc) is 3.15. The summed E-state index contributed by atoms with van der Waals surface area (Å²) in [4.78, 5) is 0. The first-order valence-electron chi connectivity index (χ1n) is 8.49. The number of nitrogens with zero attached hydrogens (tertiary/aromatic N) is 3. The molecule has 0 aliphatic heterocycles. The predicted molar refractivity (Wildman–Crippen MR) is 106 cm³/mol. The standard InChI is InChI=1S/C21H17N5O/c1-4-10-16(11-5-1)19-20(24-22-17-12-6-2-7-13-17)21(27-26-19)25-23-18-14-8-3-9-15-18/h1-15,23,25H. The van der Waals surface area contributed by atoms with Crippen LogP contribution in [0.25, 0.3) is 11.3 Å². The number of para-hydroxylation sites is 1. The SMILES string of the molecule is c1ccc(N=Nc2c(-c3ccccc3)noc2NNc2ccccc2)cc1. The number of rotatable bonds is 6. The fraction of sp³-hybridized carbons (Fsp3) is 0. The first-order valence-corrected chi connectivity index (χ1v) is 8.49. The molecule has 27 heavy (non-hydrogen) atoms. The molecule has 0 bridgehead atoms. The number of aromatic nitrogens is 1. The van der Waals surface area contributed by atoms with Crippen molar-refractivity contribution in [1.82, 2.24) is 5.16 Å². The van der Waals surface area contributed by atoms with Crippen molar-refractivity contribution >= 4 is 22.9 Å². The number of hydrogen-bond donors (Lipinski definition) is 2. The van der Waals surface area contributed by atoms with E-state index in [1.54, 1.807) is 0 Å². The molecule has 1 aromatic heterocycles. The van der Waals surface area contributed by atoms with Gasteiger partial charge in [-0.15, -0.1) is 5.11 Å². The molecule has 0 aliphatic carbocycles. The fourth-order valence-electron chi connectivity index (χ4n) is 2.50.